The predicted molar refractivity (Wildman–Crippen MR) is 84.2 cm³/mol. The number of para-hydroxylation sites is 1. The van der Waals surface area contributed by atoms with Gasteiger partial charge in [-0.3, -0.25) is 4.79 Å². The van der Waals surface area contributed by atoms with Gasteiger partial charge in [-0.1, -0.05) is 18.2 Å². The molecule has 0 aromatic heterocycles. The van der Waals surface area contributed by atoms with Gasteiger partial charge in [0.2, 0.25) is 5.91 Å². The number of ether oxygens (including phenoxy) is 1. The number of nitrogens with two attached hydrogens (primary N) is 1. The summed E-state index contributed by atoms with van der Waals surface area (Å²) < 4.78 is 5.63. The lowest BCUT2D eigenvalue weighted by Gasteiger charge is -2.35. The molecule has 21 heavy (non-hydrogen) atoms. The van der Waals surface area contributed by atoms with Crippen LogP contribution in [0.4, 0.5) is 0 Å². The number of carbonyl (C=O) groups excluding carboxylic acids is 1. The molecule has 1 fully saturated rings. The van der Waals surface area contributed by atoms with Crippen molar-refractivity contribution >= 4 is 5.91 Å². The molecule has 1 heterocycles. The summed E-state index contributed by atoms with van der Waals surface area (Å²) in [7, 11) is 0. The molecule has 1 aliphatic rings. The van der Waals surface area contributed by atoms with Crippen molar-refractivity contribution in [3.8, 4) is 5.75 Å². The topological polar surface area (TPSA) is 55.6 Å². The number of amides is 1. The summed E-state index contributed by atoms with van der Waals surface area (Å²) in [5.74, 6) is 1.12. The summed E-state index contributed by atoms with van der Waals surface area (Å²) in [5.41, 5.74) is 5.65. The second-order valence-corrected chi connectivity index (χ2v) is 5.58. The molecule has 0 bridgehead atoms. The summed E-state index contributed by atoms with van der Waals surface area (Å²) in [6.45, 7) is 2.14. The first kappa shape index (κ1) is 15.8. The normalized spacial score (nSPS) is 18.5. The van der Waals surface area contributed by atoms with Gasteiger partial charge in [0.05, 0.1) is 6.61 Å². The fourth-order valence-corrected chi connectivity index (χ4v) is 2.90. The van der Waals surface area contributed by atoms with E-state index in [0.717, 1.165) is 38.0 Å². The van der Waals surface area contributed by atoms with Crippen LogP contribution in [0.3, 0.4) is 0 Å². The van der Waals surface area contributed by atoms with E-state index in [1.165, 1.54) is 6.42 Å². The van der Waals surface area contributed by atoms with Gasteiger partial charge in [-0.15, -0.1) is 0 Å². The van der Waals surface area contributed by atoms with Crippen molar-refractivity contribution in [2.45, 2.75) is 44.6 Å². The Kier molecular flexibility index (Phi) is 6.54. The summed E-state index contributed by atoms with van der Waals surface area (Å²) in [6, 6.07) is 10.1. The fraction of sp³-hybridized carbons (Fsp3) is 0.588. The van der Waals surface area contributed by atoms with Crippen molar-refractivity contribution in [2.75, 3.05) is 19.7 Å². The van der Waals surface area contributed by atoms with Gasteiger partial charge < -0.3 is 15.4 Å². The highest BCUT2D eigenvalue weighted by Gasteiger charge is 2.25. The van der Waals surface area contributed by atoms with Crippen LogP contribution in [0, 0.1) is 0 Å². The van der Waals surface area contributed by atoms with Gasteiger partial charge in [0, 0.05) is 19.0 Å². The van der Waals surface area contributed by atoms with E-state index in [2.05, 4.69) is 0 Å². The van der Waals surface area contributed by atoms with E-state index >= 15 is 0 Å². The van der Waals surface area contributed by atoms with Gasteiger partial charge in [-0.25, -0.2) is 0 Å². The second-order valence-electron chi connectivity index (χ2n) is 5.58. The Morgan fingerprint density at radius 2 is 2.10 bits per heavy atom. The standard InChI is InChI=1S/C17H26N2O2/c18-12-11-15-7-4-5-13-19(15)17(20)10-6-14-21-16-8-2-1-3-9-16/h1-3,8-9,15H,4-7,10-14,18H2. The van der Waals surface area contributed by atoms with E-state index in [1.54, 1.807) is 0 Å². The van der Waals surface area contributed by atoms with Crippen molar-refractivity contribution < 1.29 is 9.53 Å². The Balaban J connectivity index is 1.70. The Morgan fingerprint density at radius 3 is 2.86 bits per heavy atom. The van der Waals surface area contributed by atoms with E-state index in [9.17, 15) is 4.79 Å². The molecular weight excluding hydrogens is 264 g/mol. The van der Waals surface area contributed by atoms with Crippen molar-refractivity contribution in [3.63, 3.8) is 0 Å². The molecule has 0 saturated carbocycles. The molecule has 1 aromatic rings. The molecule has 4 nitrogen and oxygen atoms in total. The average molecular weight is 290 g/mol. The van der Waals surface area contributed by atoms with E-state index in [4.69, 9.17) is 10.5 Å². The lowest BCUT2D eigenvalue weighted by molar-refractivity contribution is -0.135. The lowest BCUT2D eigenvalue weighted by atomic mass is 9.99. The van der Waals surface area contributed by atoms with Crippen LogP contribution in [0.15, 0.2) is 30.3 Å². The lowest BCUT2D eigenvalue weighted by Crippen LogP contribution is -2.44. The van der Waals surface area contributed by atoms with Gasteiger partial charge >= 0.3 is 0 Å². The van der Waals surface area contributed by atoms with Crippen molar-refractivity contribution in [1.82, 2.24) is 4.90 Å². The maximum atomic E-state index is 12.3. The zero-order valence-corrected chi connectivity index (χ0v) is 12.7. The largest absolute Gasteiger partial charge is 0.494 e. The number of likely N-dealkylation sites (tertiary alicyclic amines) is 1. The quantitative estimate of drug-likeness (QED) is 0.785. The molecule has 116 valence electrons. The number of rotatable bonds is 7. The first-order valence-electron chi connectivity index (χ1n) is 7.98. The van der Waals surface area contributed by atoms with Crippen LogP contribution in [0.25, 0.3) is 0 Å². The number of carbonyl (C=O) groups is 1. The molecule has 2 N–H and O–H groups in total. The van der Waals surface area contributed by atoms with Gasteiger partial charge in [0.1, 0.15) is 5.75 Å². The van der Waals surface area contributed by atoms with Gasteiger partial charge in [-0.2, -0.15) is 0 Å². The van der Waals surface area contributed by atoms with E-state index in [1.807, 2.05) is 35.2 Å². The zero-order valence-electron chi connectivity index (χ0n) is 12.7. The minimum absolute atomic E-state index is 0.254. The molecule has 1 aliphatic heterocycles. The number of benzene rings is 1. The average Bonchev–Trinajstić information content (AvgIpc) is 2.53. The molecule has 0 radical (unpaired) electrons. The maximum Gasteiger partial charge on any atom is 0.222 e. The highest BCUT2D eigenvalue weighted by Crippen LogP contribution is 2.20. The first-order chi connectivity index (χ1) is 10.3. The summed E-state index contributed by atoms with van der Waals surface area (Å²) >= 11 is 0. The molecule has 1 aromatic carbocycles. The minimum atomic E-state index is 0.254. The van der Waals surface area contributed by atoms with E-state index in [0.29, 0.717) is 25.6 Å². The number of hydrogen-bond acceptors (Lipinski definition) is 3. The molecule has 1 amide bonds. The van der Waals surface area contributed by atoms with Gasteiger partial charge in [0.15, 0.2) is 0 Å². The van der Waals surface area contributed by atoms with Crippen molar-refractivity contribution in [1.29, 1.82) is 0 Å². The highest BCUT2D eigenvalue weighted by molar-refractivity contribution is 5.76. The molecule has 4 heteroatoms. The minimum Gasteiger partial charge on any atom is -0.494 e. The molecule has 0 spiro atoms. The van der Waals surface area contributed by atoms with Gasteiger partial charge in [0.25, 0.3) is 0 Å². The first-order valence-corrected chi connectivity index (χ1v) is 7.98. The van der Waals surface area contributed by atoms with Crippen LogP contribution >= 0.6 is 0 Å². The third kappa shape index (κ3) is 5.05. The Morgan fingerprint density at radius 1 is 1.29 bits per heavy atom. The summed E-state index contributed by atoms with van der Waals surface area (Å²) in [6.07, 6.45) is 5.68. The van der Waals surface area contributed by atoms with Crippen LogP contribution in [0.2, 0.25) is 0 Å². The fourth-order valence-electron chi connectivity index (χ4n) is 2.90. The molecule has 1 saturated heterocycles. The maximum absolute atomic E-state index is 12.3. The summed E-state index contributed by atoms with van der Waals surface area (Å²) in [5, 5.41) is 0. The Bertz CT molecular complexity index is 420. The van der Waals surface area contributed by atoms with Crippen molar-refractivity contribution in [3.05, 3.63) is 30.3 Å². The Hall–Kier alpha value is -1.55. The zero-order chi connectivity index (χ0) is 14.9. The molecule has 1 unspecified atom stereocenters. The smallest absolute Gasteiger partial charge is 0.222 e. The molecule has 2 rings (SSSR count). The molecular formula is C17H26N2O2. The second kappa shape index (κ2) is 8.67. The van der Waals surface area contributed by atoms with E-state index in [-0.39, 0.29) is 5.91 Å². The predicted octanol–water partition coefficient (Wildman–Crippen LogP) is 2.58. The highest BCUT2D eigenvalue weighted by atomic mass is 16.5. The van der Waals surface area contributed by atoms with Crippen LogP contribution in [0.1, 0.15) is 38.5 Å². The van der Waals surface area contributed by atoms with Crippen LogP contribution in [0.5, 0.6) is 5.75 Å². The van der Waals surface area contributed by atoms with Crippen LogP contribution < -0.4 is 10.5 Å². The number of hydrogen-bond donors (Lipinski definition) is 1. The number of nitrogens with zero attached hydrogens (tertiary/aromatic N) is 1. The summed E-state index contributed by atoms with van der Waals surface area (Å²) in [4.78, 5) is 14.4. The third-order valence-corrected chi connectivity index (χ3v) is 3.99. The monoisotopic (exact) mass is 290 g/mol. The Labute approximate surface area is 127 Å². The SMILES string of the molecule is NCCC1CCCCN1C(=O)CCCOc1ccccc1. The van der Waals surface area contributed by atoms with Gasteiger partial charge in [-0.05, 0) is 50.8 Å². The van der Waals surface area contributed by atoms with Crippen LogP contribution in [-0.4, -0.2) is 36.5 Å². The molecule has 1 atom stereocenters. The van der Waals surface area contributed by atoms with Crippen LogP contribution in [-0.2, 0) is 4.79 Å². The molecule has 0 aliphatic carbocycles. The van der Waals surface area contributed by atoms with E-state index < -0.39 is 0 Å². The number of piperidine rings is 1. The van der Waals surface area contributed by atoms with Crippen molar-refractivity contribution in [2.24, 2.45) is 5.73 Å². The third-order valence-electron chi connectivity index (χ3n) is 3.99.